The van der Waals surface area contributed by atoms with Gasteiger partial charge in [-0.15, -0.1) is 0 Å². The number of carboxylic acids is 1. The number of thioether (sulfide) groups is 1. The minimum atomic E-state index is -0.854. The summed E-state index contributed by atoms with van der Waals surface area (Å²) in [6.45, 7) is 0.278. The van der Waals surface area contributed by atoms with Gasteiger partial charge in [0.05, 0.1) is 25.7 Å². The molecule has 0 saturated carbocycles. The van der Waals surface area contributed by atoms with Gasteiger partial charge in [-0.3, -0.25) is 4.79 Å². The molecule has 0 spiro atoms. The van der Waals surface area contributed by atoms with E-state index >= 15 is 0 Å². The van der Waals surface area contributed by atoms with E-state index in [1.807, 2.05) is 0 Å². The number of aliphatic hydroxyl groups excluding tert-OH is 2. The van der Waals surface area contributed by atoms with E-state index in [0.29, 0.717) is 23.9 Å². The SMILES string of the molecule is O=C(O)Cc1ccc(OCCSCC(O)CO)cc1. The van der Waals surface area contributed by atoms with Crippen LogP contribution in [-0.4, -0.2) is 52.1 Å². The molecule has 1 aromatic rings. The van der Waals surface area contributed by atoms with Crippen LogP contribution in [0.25, 0.3) is 0 Å². The zero-order chi connectivity index (χ0) is 14.1. The molecule has 0 aliphatic rings. The zero-order valence-electron chi connectivity index (χ0n) is 10.5. The Kier molecular flexibility index (Phi) is 7.32. The van der Waals surface area contributed by atoms with E-state index in [1.165, 1.54) is 11.8 Å². The summed E-state index contributed by atoms with van der Waals surface area (Å²) < 4.78 is 5.47. The van der Waals surface area contributed by atoms with E-state index in [1.54, 1.807) is 24.3 Å². The molecule has 6 heteroatoms. The van der Waals surface area contributed by atoms with Gasteiger partial charge in [-0.2, -0.15) is 11.8 Å². The van der Waals surface area contributed by atoms with Crippen molar-refractivity contribution in [1.29, 1.82) is 0 Å². The van der Waals surface area contributed by atoms with Crippen LogP contribution in [0.15, 0.2) is 24.3 Å². The van der Waals surface area contributed by atoms with Crippen molar-refractivity contribution in [2.24, 2.45) is 0 Å². The summed E-state index contributed by atoms with van der Waals surface area (Å²) in [5.41, 5.74) is 0.736. The van der Waals surface area contributed by atoms with Crippen LogP contribution < -0.4 is 4.74 Å². The molecule has 1 rings (SSSR count). The molecule has 1 unspecified atom stereocenters. The van der Waals surface area contributed by atoms with Gasteiger partial charge >= 0.3 is 5.97 Å². The molecule has 0 fully saturated rings. The molecule has 19 heavy (non-hydrogen) atoms. The van der Waals surface area contributed by atoms with Crippen molar-refractivity contribution in [3.63, 3.8) is 0 Å². The van der Waals surface area contributed by atoms with E-state index in [-0.39, 0.29) is 13.0 Å². The largest absolute Gasteiger partial charge is 0.493 e. The van der Waals surface area contributed by atoms with Gasteiger partial charge in [0.2, 0.25) is 0 Å². The number of hydrogen-bond acceptors (Lipinski definition) is 5. The predicted octanol–water partition coefficient (Wildman–Crippen LogP) is 0.779. The maximum absolute atomic E-state index is 10.5. The molecule has 0 radical (unpaired) electrons. The summed E-state index contributed by atoms with van der Waals surface area (Å²) in [5, 5.41) is 26.4. The number of ether oxygens (including phenoxy) is 1. The molecule has 0 aromatic heterocycles. The van der Waals surface area contributed by atoms with Crippen LogP contribution in [0.3, 0.4) is 0 Å². The van der Waals surface area contributed by atoms with Crippen molar-refractivity contribution in [1.82, 2.24) is 0 Å². The smallest absolute Gasteiger partial charge is 0.307 e. The molecule has 1 atom stereocenters. The fraction of sp³-hybridized carbons (Fsp3) is 0.462. The van der Waals surface area contributed by atoms with E-state index < -0.39 is 12.1 Å². The van der Waals surface area contributed by atoms with Crippen molar-refractivity contribution in [3.05, 3.63) is 29.8 Å². The first-order valence-electron chi connectivity index (χ1n) is 5.92. The second-order valence-electron chi connectivity index (χ2n) is 3.97. The van der Waals surface area contributed by atoms with Gasteiger partial charge in [0.15, 0.2) is 0 Å². The summed E-state index contributed by atoms with van der Waals surface area (Å²) in [6.07, 6.45) is -0.671. The molecular formula is C13H18O5S. The third kappa shape index (κ3) is 7.05. The van der Waals surface area contributed by atoms with Gasteiger partial charge < -0.3 is 20.1 Å². The van der Waals surface area contributed by atoms with Crippen molar-refractivity contribution in [3.8, 4) is 5.75 Å². The lowest BCUT2D eigenvalue weighted by Crippen LogP contribution is -2.15. The molecule has 5 nitrogen and oxygen atoms in total. The Labute approximate surface area is 116 Å². The van der Waals surface area contributed by atoms with Crippen LogP contribution in [0.1, 0.15) is 5.56 Å². The topological polar surface area (TPSA) is 87.0 Å². The first-order valence-corrected chi connectivity index (χ1v) is 7.07. The minimum absolute atomic E-state index is 0.00911. The van der Waals surface area contributed by atoms with Crippen molar-refractivity contribution in [2.75, 3.05) is 24.7 Å². The van der Waals surface area contributed by atoms with Crippen molar-refractivity contribution >= 4 is 17.7 Å². The Morgan fingerprint density at radius 2 is 2.00 bits per heavy atom. The lowest BCUT2D eigenvalue weighted by atomic mass is 10.1. The fourth-order valence-corrected chi connectivity index (χ4v) is 2.11. The highest BCUT2D eigenvalue weighted by Gasteiger charge is 2.02. The maximum Gasteiger partial charge on any atom is 0.307 e. The Bertz CT molecular complexity index is 379. The molecular weight excluding hydrogens is 268 g/mol. The van der Waals surface area contributed by atoms with Crippen molar-refractivity contribution in [2.45, 2.75) is 12.5 Å². The highest BCUT2D eigenvalue weighted by atomic mass is 32.2. The first-order chi connectivity index (χ1) is 9.11. The second kappa shape index (κ2) is 8.79. The number of aliphatic hydroxyl groups is 2. The monoisotopic (exact) mass is 286 g/mol. The van der Waals surface area contributed by atoms with Gasteiger partial charge in [-0.25, -0.2) is 0 Å². The second-order valence-corrected chi connectivity index (χ2v) is 5.12. The van der Waals surface area contributed by atoms with Gasteiger partial charge in [-0.1, -0.05) is 12.1 Å². The molecule has 3 N–H and O–H groups in total. The summed E-state index contributed by atoms with van der Waals surface area (Å²) in [4.78, 5) is 10.5. The molecule has 0 aliphatic heterocycles. The average Bonchev–Trinajstić information content (AvgIpc) is 2.39. The molecule has 0 saturated heterocycles. The van der Waals surface area contributed by atoms with Crippen LogP contribution >= 0.6 is 11.8 Å². The Morgan fingerprint density at radius 1 is 1.32 bits per heavy atom. The highest BCUT2D eigenvalue weighted by Crippen LogP contribution is 2.13. The van der Waals surface area contributed by atoms with E-state index in [2.05, 4.69) is 0 Å². The average molecular weight is 286 g/mol. The molecule has 106 valence electrons. The van der Waals surface area contributed by atoms with Crippen LogP contribution in [-0.2, 0) is 11.2 Å². The van der Waals surface area contributed by atoms with Gasteiger partial charge in [-0.05, 0) is 17.7 Å². The third-order valence-electron chi connectivity index (χ3n) is 2.30. The lowest BCUT2D eigenvalue weighted by Gasteiger charge is -2.08. The normalized spacial score (nSPS) is 12.1. The minimum Gasteiger partial charge on any atom is -0.493 e. The Balaban J connectivity index is 2.21. The van der Waals surface area contributed by atoms with Crippen LogP contribution in [0.4, 0.5) is 0 Å². The summed E-state index contributed by atoms with van der Waals surface area (Å²) in [5.74, 6) is 1.04. The highest BCUT2D eigenvalue weighted by molar-refractivity contribution is 7.99. The molecule has 0 amide bonds. The van der Waals surface area contributed by atoms with Gasteiger partial charge in [0.25, 0.3) is 0 Å². The quantitative estimate of drug-likeness (QED) is 0.582. The third-order valence-corrected chi connectivity index (χ3v) is 3.37. The number of benzene rings is 1. The molecule has 1 aromatic carbocycles. The van der Waals surface area contributed by atoms with Gasteiger partial charge in [0.1, 0.15) is 5.75 Å². The van der Waals surface area contributed by atoms with Crippen LogP contribution in [0.2, 0.25) is 0 Å². The lowest BCUT2D eigenvalue weighted by molar-refractivity contribution is -0.136. The molecule has 0 heterocycles. The van der Waals surface area contributed by atoms with E-state index in [9.17, 15) is 4.79 Å². The standard InChI is InChI=1S/C13H18O5S/c14-8-11(15)9-19-6-5-18-12-3-1-10(2-4-12)7-13(16)17/h1-4,11,14-15H,5-9H2,(H,16,17). The van der Waals surface area contributed by atoms with E-state index in [0.717, 1.165) is 5.56 Å². The number of rotatable bonds is 9. The predicted molar refractivity (Wildman–Crippen MR) is 73.7 cm³/mol. The summed E-state index contributed by atoms with van der Waals surface area (Å²) in [6, 6.07) is 6.94. The van der Waals surface area contributed by atoms with Crippen LogP contribution in [0.5, 0.6) is 5.75 Å². The maximum atomic E-state index is 10.5. The first kappa shape index (κ1) is 15.8. The number of aliphatic carboxylic acids is 1. The van der Waals surface area contributed by atoms with Crippen LogP contribution in [0, 0.1) is 0 Å². The summed E-state index contributed by atoms with van der Waals surface area (Å²) >= 11 is 1.50. The fourth-order valence-electron chi connectivity index (χ4n) is 1.37. The van der Waals surface area contributed by atoms with E-state index in [4.69, 9.17) is 20.1 Å². The number of hydrogen-bond donors (Lipinski definition) is 3. The number of carbonyl (C=O) groups is 1. The molecule has 0 bridgehead atoms. The Morgan fingerprint density at radius 3 is 2.58 bits per heavy atom. The van der Waals surface area contributed by atoms with Crippen molar-refractivity contribution < 1.29 is 24.9 Å². The molecule has 0 aliphatic carbocycles. The summed E-state index contributed by atoms with van der Waals surface area (Å²) in [7, 11) is 0. The zero-order valence-corrected chi connectivity index (χ0v) is 11.3. The Hall–Kier alpha value is -1.24. The van der Waals surface area contributed by atoms with Gasteiger partial charge in [0, 0.05) is 11.5 Å². The number of carboxylic acid groups (broad SMARTS) is 1.